The summed E-state index contributed by atoms with van der Waals surface area (Å²) in [6, 6.07) is 151. The van der Waals surface area contributed by atoms with E-state index >= 15 is 0 Å². The van der Waals surface area contributed by atoms with E-state index in [1.54, 1.807) is 0 Å². The average molecular weight is 1350 g/mol. The molecule has 0 unspecified atom stereocenters. The Balaban J connectivity index is 0.000000144. The molecular weight excluding hydrogens is 1270 g/mol. The summed E-state index contributed by atoms with van der Waals surface area (Å²) in [5, 5.41) is 13.7. The van der Waals surface area contributed by atoms with Gasteiger partial charge in [-0.3, -0.25) is 0 Å². The zero-order valence-electron chi connectivity index (χ0n) is 57.6. The lowest BCUT2D eigenvalue weighted by Gasteiger charge is -2.55. The number of para-hydroxylation sites is 12. The zero-order valence-corrected chi connectivity index (χ0v) is 57.6. The minimum absolute atomic E-state index is 0. The van der Waals surface area contributed by atoms with E-state index in [0.29, 0.717) is 0 Å². The van der Waals surface area contributed by atoms with E-state index in [1.807, 2.05) is 24.3 Å². The number of nitrogens with zero attached hydrogens (tertiary/aromatic N) is 4. The summed E-state index contributed by atoms with van der Waals surface area (Å²) < 4.78 is 0. The second kappa shape index (κ2) is 24.5. The fourth-order valence-corrected chi connectivity index (χ4v) is 18.9. The van der Waals surface area contributed by atoms with Gasteiger partial charge in [-0.15, -0.1) is 0 Å². The molecule has 0 atom stereocenters. The lowest BCUT2D eigenvalue weighted by Crippen LogP contribution is -2.45. The molecule has 5 heterocycles. The number of aliphatic hydroxyl groups is 1. The molecule has 498 valence electrons. The first kappa shape index (κ1) is 61.5. The zero-order chi connectivity index (χ0) is 69.7. The summed E-state index contributed by atoms with van der Waals surface area (Å²) in [5.41, 5.74) is 27.4. The first-order chi connectivity index (χ1) is 52.1. The number of hydrogen-bond donors (Lipinski definition) is 1. The maximum atomic E-state index is 13.7. The van der Waals surface area contributed by atoms with Gasteiger partial charge in [0.15, 0.2) is 0 Å². The molecular formula is C100H72N4O. The molecule has 1 N–H and O–H groups in total. The monoisotopic (exact) mass is 1350 g/mol. The van der Waals surface area contributed by atoms with Crippen molar-refractivity contribution in [2.75, 3.05) is 19.6 Å². The van der Waals surface area contributed by atoms with Gasteiger partial charge in [-0.2, -0.15) is 0 Å². The second-order valence-electron chi connectivity index (χ2n) is 27.8. The molecule has 0 bridgehead atoms. The fraction of sp³-hybridized carbons (Fsp3) is 0.0400. The second-order valence-corrected chi connectivity index (χ2v) is 27.8. The molecule has 16 aromatic rings. The molecule has 0 saturated heterocycles. The normalized spacial score (nSPS) is 14.9. The predicted molar refractivity (Wildman–Crippen MR) is 431 cm³/mol. The quantitative estimate of drug-likeness (QED) is 0.164. The Bertz CT molecular complexity index is 5750. The van der Waals surface area contributed by atoms with Gasteiger partial charge >= 0.3 is 0 Å². The van der Waals surface area contributed by atoms with Gasteiger partial charge in [0.1, 0.15) is 5.60 Å². The molecule has 5 aliphatic heterocycles. The average Bonchev–Trinajstić information content (AvgIpc) is 0.662. The Labute approximate surface area is 614 Å². The Kier molecular flexibility index (Phi) is 14.3. The van der Waals surface area contributed by atoms with Crippen LogP contribution in [0, 0.1) is 0 Å². The lowest BCUT2D eigenvalue weighted by atomic mass is 9.56. The molecule has 0 radical (unpaired) electrons. The Hall–Kier alpha value is -13.3. The van der Waals surface area contributed by atoms with Crippen molar-refractivity contribution in [3.8, 4) is 0 Å². The number of fused-ring (bicyclic) bond motifs is 14. The topological polar surface area (TPSA) is 33.2 Å². The summed E-state index contributed by atoms with van der Waals surface area (Å²) in [4.78, 5) is 9.66. The summed E-state index contributed by atoms with van der Waals surface area (Å²) in [6.07, 6.45) is 0. The van der Waals surface area contributed by atoms with Crippen molar-refractivity contribution >= 4 is 68.2 Å². The number of rotatable bonds is 8. The predicted octanol–water partition coefficient (Wildman–Crippen LogP) is 24.5. The van der Waals surface area contributed by atoms with E-state index in [4.69, 9.17) is 0 Å². The van der Waals surface area contributed by atoms with Gasteiger partial charge in [-0.1, -0.05) is 340 Å². The maximum Gasteiger partial charge on any atom is 0.146 e. The van der Waals surface area contributed by atoms with Crippen LogP contribution < -0.4 is 19.6 Å². The lowest BCUT2D eigenvalue weighted by molar-refractivity contribution is 0.126. The van der Waals surface area contributed by atoms with Crippen LogP contribution in [0.4, 0.5) is 68.2 Å². The highest BCUT2D eigenvalue weighted by molar-refractivity contribution is 6.01. The van der Waals surface area contributed by atoms with E-state index < -0.39 is 21.8 Å². The van der Waals surface area contributed by atoms with Crippen LogP contribution in [0.2, 0.25) is 0 Å². The van der Waals surface area contributed by atoms with Crippen LogP contribution in [0.1, 0.15) is 84.9 Å². The molecule has 0 amide bonds. The highest BCUT2D eigenvalue weighted by Crippen LogP contribution is 2.69. The number of anilines is 12. The van der Waals surface area contributed by atoms with Gasteiger partial charge in [0.2, 0.25) is 0 Å². The maximum absolute atomic E-state index is 13.7. The highest BCUT2D eigenvalue weighted by Gasteiger charge is 2.57. The van der Waals surface area contributed by atoms with E-state index in [9.17, 15) is 5.11 Å². The summed E-state index contributed by atoms with van der Waals surface area (Å²) in [7, 11) is 0. The van der Waals surface area contributed by atoms with Gasteiger partial charge in [-0.05, 0) is 146 Å². The summed E-state index contributed by atoms with van der Waals surface area (Å²) in [5.74, 6) is 0. The third-order valence-corrected chi connectivity index (χ3v) is 22.8. The molecule has 105 heavy (non-hydrogen) atoms. The van der Waals surface area contributed by atoms with Crippen LogP contribution >= 0.6 is 0 Å². The van der Waals surface area contributed by atoms with Crippen LogP contribution in [0.25, 0.3) is 0 Å². The van der Waals surface area contributed by atoms with E-state index in [-0.39, 0.29) is 1.43 Å². The van der Waals surface area contributed by atoms with Crippen molar-refractivity contribution in [2.24, 2.45) is 0 Å². The van der Waals surface area contributed by atoms with Crippen molar-refractivity contribution in [1.29, 1.82) is 0 Å². The van der Waals surface area contributed by atoms with Crippen molar-refractivity contribution < 1.29 is 6.53 Å². The standard InChI is InChI=1S/C50H36N2O.C50H34N2.H2/c53-50(41-28-12-17-33-46(41)51(38-24-8-3-9-25-38)47-34-18-13-29-42(47)50)43-30-14-19-35-48(43)52-44-31-15-10-26-39(44)49(36-20-4-1-5-21-36,37-22-6-2-7-23-37)40-27-11-16-32-45(40)52;1-4-19-35(20-5-1)49(36-21-6-2-7-22-36)38-25-10-16-33-46(38)52-47-34-17-13-28-41(47)50(43-30-18-29-42(49)48(43)52)39-26-11-14-31-44(39)51(37-23-8-3-9-24-37)45-32-15-12-27-40(45)50;/h1-35,53H;1-34H;1H/i;;1+1. The van der Waals surface area contributed by atoms with Crippen LogP contribution in [0.5, 0.6) is 0 Å². The molecule has 0 fully saturated rings. The highest BCUT2D eigenvalue weighted by atomic mass is 16.3. The first-order valence-corrected chi connectivity index (χ1v) is 36.3. The van der Waals surface area contributed by atoms with Gasteiger partial charge in [0.05, 0.1) is 73.1 Å². The third-order valence-electron chi connectivity index (χ3n) is 22.8. The largest absolute Gasteiger partial charge is 0.376 e. The molecule has 0 saturated carbocycles. The van der Waals surface area contributed by atoms with Gasteiger partial charge in [0, 0.05) is 29.5 Å². The molecule has 5 aliphatic rings. The van der Waals surface area contributed by atoms with Gasteiger partial charge < -0.3 is 24.7 Å². The van der Waals surface area contributed by atoms with Gasteiger partial charge in [-0.25, -0.2) is 0 Å². The molecule has 0 aliphatic carbocycles. The van der Waals surface area contributed by atoms with Crippen LogP contribution in [-0.2, 0) is 21.8 Å². The minimum Gasteiger partial charge on any atom is -0.376 e. The Morgan fingerprint density at radius 1 is 0.162 bits per heavy atom. The molecule has 16 aromatic carbocycles. The molecule has 5 heteroatoms. The van der Waals surface area contributed by atoms with Gasteiger partial charge in [0.25, 0.3) is 0 Å². The van der Waals surface area contributed by atoms with Crippen molar-refractivity contribution in [2.45, 2.75) is 21.8 Å². The van der Waals surface area contributed by atoms with Crippen molar-refractivity contribution in [3.63, 3.8) is 0 Å². The third kappa shape index (κ3) is 8.74. The molecule has 5 nitrogen and oxygen atoms in total. The van der Waals surface area contributed by atoms with Crippen LogP contribution in [-0.4, -0.2) is 5.11 Å². The molecule has 21 rings (SSSR count). The van der Waals surface area contributed by atoms with E-state index in [2.05, 4.69) is 414 Å². The molecule has 0 aromatic heterocycles. The summed E-state index contributed by atoms with van der Waals surface area (Å²) >= 11 is 0. The van der Waals surface area contributed by atoms with E-state index in [1.165, 1.54) is 95.2 Å². The number of benzene rings is 16. The van der Waals surface area contributed by atoms with Crippen molar-refractivity contribution in [1.82, 2.24) is 0 Å². The Morgan fingerprint density at radius 3 is 0.657 bits per heavy atom. The fourth-order valence-electron chi connectivity index (χ4n) is 18.9. The minimum atomic E-state index is -1.48. The Morgan fingerprint density at radius 2 is 0.352 bits per heavy atom. The first-order valence-electron chi connectivity index (χ1n) is 36.3. The number of hydrogen-bond acceptors (Lipinski definition) is 5. The van der Waals surface area contributed by atoms with E-state index in [0.717, 1.165) is 56.5 Å². The van der Waals surface area contributed by atoms with Crippen LogP contribution in [0.3, 0.4) is 0 Å². The summed E-state index contributed by atoms with van der Waals surface area (Å²) in [6.45, 7) is 0. The SMILES string of the molecule is OC1(c2ccccc2N2c3ccccc3C(c3ccccc3)(c3ccccc3)c3ccccc32)c2ccccc2N(c2ccccc2)c2ccccc21.[2HH].c1ccc(N2c3ccccc3C3(c4ccccc42)c2ccccc2N2c4ccccc4C(c4ccccc4)(c4ccccc4)c4cccc3c42)cc1. The molecule has 1 spiro atoms. The smallest absolute Gasteiger partial charge is 0.146 e. The van der Waals surface area contributed by atoms with Crippen molar-refractivity contribution in [3.05, 3.63) is 502 Å². The van der Waals surface area contributed by atoms with Crippen LogP contribution in [0.15, 0.2) is 419 Å².